The fourth-order valence-electron chi connectivity index (χ4n) is 1.89. The maximum absolute atomic E-state index is 11.7. The molecule has 3 N–H and O–H groups in total. The number of methoxy groups -OCH3 is 1. The molecule has 92 valence electrons. The Morgan fingerprint density at radius 2 is 2.35 bits per heavy atom. The maximum Gasteiger partial charge on any atom is 0.246 e. The molecular formula is C12H16N2O3. The summed E-state index contributed by atoms with van der Waals surface area (Å²) in [5.74, 6) is 0.667. The largest absolute Gasteiger partial charge is 0.497 e. The molecular weight excluding hydrogens is 220 g/mol. The summed E-state index contributed by atoms with van der Waals surface area (Å²) in [6, 6.07) is 5.14. The number of carbonyl (C=O) groups is 1. The van der Waals surface area contributed by atoms with Crippen LogP contribution in [-0.4, -0.2) is 31.3 Å². The van der Waals surface area contributed by atoms with E-state index < -0.39 is 0 Å². The van der Waals surface area contributed by atoms with E-state index in [-0.39, 0.29) is 18.6 Å². The SMILES string of the molecule is COc1ccc2c(c1)C(NCCCO)C(=O)N2. The Bertz CT molecular complexity index is 420. The summed E-state index contributed by atoms with van der Waals surface area (Å²) in [5, 5.41) is 14.6. The lowest BCUT2D eigenvalue weighted by Crippen LogP contribution is -2.28. The fraction of sp³-hybridized carbons (Fsp3) is 0.417. The van der Waals surface area contributed by atoms with Gasteiger partial charge in [0.15, 0.2) is 0 Å². The standard InChI is InChI=1S/C12H16N2O3/c1-17-8-3-4-10-9(7-8)11(12(16)14-10)13-5-2-6-15/h3-4,7,11,13,15H,2,5-6H2,1H3,(H,14,16). The van der Waals surface area contributed by atoms with Crippen molar-refractivity contribution < 1.29 is 14.6 Å². The average molecular weight is 236 g/mol. The van der Waals surface area contributed by atoms with E-state index in [4.69, 9.17) is 9.84 Å². The van der Waals surface area contributed by atoms with Crippen molar-refractivity contribution >= 4 is 11.6 Å². The molecule has 0 fully saturated rings. The number of ether oxygens (including phenoxy) is 1. The molecule has 0 saturated carbocycles. The second kappa shape index (κ2) is 5.16. The number of fused-ring (bicyclic) bond motifs is 1. The highest BCUT2D eigenvalue weighted by Crippen LogP contribution is 2.33. The van der Waals surface area contributed by atoms with Crippen molar-refractivity contribution in [1.29, 1.82) is 0 Å². The predicted octanol–water partition coefficient (Wildman–Crippen LogP) is 0.660. The normalized spacial score (nSPS) is 17.8. The molecule has 0 aliphatic carbocycles. The van der Waals surface area contributed by atoms with Gasteiger partial charge in [0, 0.05) is 17.9 Å². The van der Waals surface area contributed by atoms with Crippen molar-refractivity contribution in [2.24, 2.45) is 0 Å². The first-order valence-corrected chi connectivity index (χ1v) is 5.59. The van der Waals surface area contributed by atoms with Crippen LogP contribution in [-0.2, 0) is 4.79 Å². The van der Waals surface area contributed by atoms with E-state index in [0.29, 0.717) is 13.0 Å². The third kappa shape index (κ3) is 2.40. The van der Waals surface area contributed by atoms with E-state index in [1.807, 2.05) is 18.2 Å². The van der Waals surface area contributed by atoms with Crippen molar-refractivity contribution in [3.8, 4) is 5.75 Å². The maximum atomic E-state index is 11.7. The molecule has 0 spiro atoms. The average Bonchev–Trinajstić information content (AvgIpc) is 2.65. The van der Waals surface area contributed by atoms with Crippen molar-refractivity contribution in [3.05, 3.63) is 23.8 Å². The van der Waals surface area contributed by atoms with Gasteiger partial charge in [0.05, 0.1) is 7.11 Å². The van der Waals surface area contributed by atoms with E-state index in [2.05, 4.69) is 10.6 Å². The molecule has 0 saturated heterocycles. The zero-order valence-electron chi connectivity index (χ0n) is 9.69. The minimum Gasteiger partial charge on any atom is -0.497 e. The predicted molar refractivity (Wildman–Crippen MR) is 64.1 cm³/mol. The van der Waals surface area contributed by atoms with Gasteiger partial charge in [-0.05, 0) is 31.2 Å². The molecule has 1 aromatic carbocycles. The Morgan fingerprint density at radius 1 is 1.53 bits per heavy atom. The smallest absolute Gasteiger partial charge is 0.246 e. The van der Waals surface area contributed by atoms with Crippen LogP contribution in [0.2, 0.25) is 0 Å². The molecule has 1 heterocycles. The minimum atomic E-state index is -0.355. The van der Waals surface area contributed by atoms with Gasteiger partial charge in [-0.15, -0.1) is 0 Å². The molecule has 0 bridgehead atoms. The van der Waals surface area contributed by atoms with Crippen LogP contribution >= 0.6 is 0 Å². The number of amides is 1. The fourth-order valence-corrected chi connectivity index (χ4v) is 1.89. The van der Waals surface area contributed by atoms with Crippen LogP contribution in [0.25, 0.3) is 0 Å². The Morgan fingerprint density at radius 3 is 3.06 bits per heavy atom. The second-order valence-corrected chi connectivity index (χ2v) is 3.91. The number of nitrogens with one attached hydrogen (secondary N) is 2. The molecule has 2 rings (SSSR count). The lowest BCUT2D eigenvalue weighted by molar-refractivity contribution is -0.117. The molecule has 1 aliphatic heterocycles. The Kier molecular flexibility index (Phi) is 3.61. The van der Waals surface area contributed by atoms with Crippen LogP contribution in [0.15, 0.2) is 18.2 Å². The molecule has 5 nitrogen and oxygen atoms in total. The number of carbonyl (C=O) groups excluding carboxylic acids is 1. The van der Waals surface area contributed by atoms with Gasteiger partial charge in [-0.3, -0.25) is 4.79 Å². The Balaban J connectivity index is 2.16. The van der Waals surface area contributed by atoms with Crippen LogP contribution in [0.3, 0.4) is 0 Å². The van der Waals surface area contributed by atoms with Gasteiger partial charge < -0.3 is 20.5 Å². The lowest BCUT2D eigenvalue weighted by Gasteiger charge is -2.11. The first-order chi connectivity index (χ1) is 8.26. The number of rotatable bonds is 5. The van der Waals surface area contributed by atoms with Gasteiger partial charge in [0.2, 0.25) is 5.91 Å². The lowest BCUT2D eigenvalue weighted by atomic mass is 10.1. The van der Waals surface area contributed by atoms with Crippen molar-refractivity contribution in [1.82, 2.24) is 5.32 Å². The monoisotopic (exact) mass is 236 g/mol. The summed E-state index contributed by atoms with van der Waals surface area (Å²) < 4.78 is 5.14. The molecule has 1 atom stereocenters. The van der Waals surface area contributed by atoms with Gasteiger partial charge in [-0.25, -0.2) is 0 Å². The minimum absolute atomic E-state index is 0.0637. The van der Waals surface area contributed by atoms with Crippen molar-refractivity contribution in [2.75, 3.05) is 25.6 Å². The van der Waals surface area contributed by atoms with Crippen LogP contribution in [0.5, 0.6) is 5.75 Å². The number of benzene rings is 1. The summed E-state index contributed by atoms with van der Waals surface area (Å²) in [6.07, 6.45) is 0.628. The van der Waals surface area contributed by atoms with Gasteiger partial charge >= 0.3 is 0 Å². The number of aliphatic hydroxyl groups excluding tert-OH is 1. The molecule has 17 heavy (non-hydrogen) atoms. The molecule has 0 aromatic heterocycles. The van der Waals surface area contributed by atoms with E-state index in [1.54, 1.807) is 7.11 Å². The van der Waals surface area contributed by atoms with Crippen LogP contribution < -0.4 is 15.4 Å². The second-order valence-electron chi connectivity index (χ2n) is 3.91. The highest BCUT2D eigenvalue weighted by Gasteiger charge is 2.30. The summed E-state index contributed by atoms with van der Waals surface area (Å²) in [5.41, 5.74) is 1.71. The van der Waals surface area contributed by atoms with Crippen LogP contribution in [0, 0.1) is 0 Å². The number of aliphatic hydroxyl groups is 1. The number of anilines is 1. The third-order valence-electron chi connectivity index (χ3n) is 2.77. The Labute approximate surface area is 99.8 Å². The highest BCUT2D eigenvalue weighted by molar-refractivity contribution is 6.02. The number of hydrogen-bond donors (Lipinski definition) is 3. The van der Waals surface area contributed by atoms with E-state index in [0.717, 1.165) is 17.0 Å². The first kappa shape index (κ1) is 11.9. The third-order valence-corrected chi connectivity index (χ3v) is 2.77. The van der Waals surface area contributed by atoms with Crippen molar-refractivity contribution in [3.63, 3.8) is 0 Å². The molecule has 1 aliphatic rings. The van der Waals surface area contributed by atoms with Gasteiger partial charge in [0.25, 0.3) is 0 Å². The van der Waals surface area contributed by atoms with E-state index in [9.17, 15) is 4.79 Å². The van der Waals surface area contributed by atoms with Crippen LogP contribution in [0.1, 0.15) is 18.0 Å². The molecule has 1 aromatic rings. The summed E-state index contributed by atoms with van der Waals surface area (Å²) in [7, 11) is 1.60. The molecule has 1 amide bonds. The zero-order valence-corrected chi connectivity index (χ0v) is 9.69. The van der Waals surface area contributed by atoms with Crippen molar-refractivity contribution in [2.45, 2.75) is 12.5 Å². The summed E-state index contributed by atoms with van der Waals surface area (Å²) in [4.78, 5) is 11.7. The van der Waals surface area contributed by atoms with Gasteiger partial charge in [0.1, 0.15) is 11.8 Å². The first-order valence-electron chi connectivity index (χ1n) is 5.59. The highest BCUT2D eigenvalue weighted by atomic mass is 16.5. The van der Waals surface area contributed by atoms with Gasteiger partial charge in [-0.1, -0.05) is 0 Å². The number of hydrogen-bond acceptors (Lipinski definition) is 4. The quantitative estimate of drug-likeness (QED) is 0.657. The van der Waals surface area contributed by atoms with E-state index in [1.165, 1.54) is 0 Å². The molecule has 5 heteroatoms. The summed E-state index contributed by atoms with van der Waals surface area (Å²) in [6.45, 7) is 0.720. The molecule has 1 unspecified atom stereocenters. The zero-order chi connectivity index (χ0) is 12.3. The summed E-state index contributed by atoms with van der Waals surface area (Å²) >= 11 is 0. The molecule has 0 radical (unpaired) electrons. The van der Waals surface area contributed by atoms with E-state index >= 15 is 0 Å². The van der Waals surface area contributed by atoms with Gasteiger partial charge in [-0.2, -0.15) is 0 Å². The van der Waals surface area contributed by atoms with Crippen LogP contribution in [0.4, 0.5) is 5.69 Å². The Hall–Kier alpha value is -1.59. The topological polar surface area (TPSA) is 70.6 Å².